The Morgan fingerprint density at radius 2 is 2.04 bits per heavy atom. The zero-order valence-electron chi connectivity index (χ0n) is 15.6. The minimum atomic E-state index is 0. The molecule has 1 rings (SSSR count). The quantitative estimate of drug-likeness (QED) is 0.329. The number of methoxy groups -OCH3 is 1. The van der Waals surface area contributed by atoms with Crippen molar-refractivity contribution in [3.05, 3.63) is 0 Å². The van der Waals surface area contributed by atoms with Crippen LogP contribution in [0.2, 0.25) is 0 Å². The van der Waals surface area contributed by atoms with Crippen molar-refractivity contribution in [2.45, 2.75) is 58.5 Å². The maximum absolute atomic E-state index is 5.20. The van der Waals surface area contributed by atoms with E-state index < -0.39 is 0 Å². The number of guanidine groups is 1. The topological polar surface area (TPSA) is 48.9 Å². The molecule has 23 heavy (non-hydrogen) atoms. The molecule has 0 bridgehead atoms. The molecule has 0 spiro atoms. The van der Waals surface area contributed by atoms with Crippen LogP contribution in [0.3, 0.4) is 0 Å². The highest BCUT2D eigenvalue weighted by atomic mass is 127. The Bertz CT molecular complexity index is 326. The molecule has 0 aromatic heterocycles. The van der Waals surface area contributed by atoms with E-state index in [2.05, 4.69) is 41.3 Å². The average molecular weight is 440 g/mol. The van der Waals surface area contributed by atoms with Gasteiger partial charge in [-0.25, -0.2) is 0 Å². The molecule has 0 amide bonds. The Labute approximate surface area is 160 Å². The van der Waals surface area contributed by atoms with Gasteiger partial charge in [0.25, 0.3) is 0 Å². The van der Waals surface area contributed by atoms with Crippen molar-refractivity contribution in [2.24, 2.45) is 10.9 Å². The first-order valence-corrected chi connectivity index (χ1v) is 8.77. The summed E-state index contributed by atoms with van der Waals surface area (Å²) in [5.41, 5.74) is 0. The van der Waals surface area contributed by atoms with Crippen LogP contribution in [0, 0.1) is 5.92 Å². The monoisotopic (exact) mass is 440 g/mol. The van der Waals surface area contributed by atoms with E-state index in [0.29, 0.717) is 12.1 Å². The van der Waals surface area contributed by atoms with Crippen molar-refractivity contribution in [1.82, 2.24) is 15.5 Å². The maximum Gasteiger partial charge on any atom is 0.191 e. The molecule has 0 radical (unpaired) electrons. The number of hydrogen-bond donors (Lipinski definition) is 2. The zero-order valence-corrected chi connectivity index (χ0v) is 17.9. The number of ether oxygens (including phenoxy) is 1. The molecule has 1 saturated heterocycles. The van der Waals surface area contributed by atoms with E-state index in [-0.39, 0.29) is 24.0 Å². The first-order chi connectivity index (χ1) is 10.6. The van der Waals surface area contributed by atoms with Crippen LogP contribution in [-0.2, 0) is 4.74 Å². The molecular formula is C17H37IN4O. The Balaban J connectivity index is 0.00000484. The summed E-state index contributed by atoms with van der Waals surface area (Å²) >= 11 is 0. The maximum atomic E-state index is 5.20. The molecule has 0 aliphatic carbocycles. The number of nitrogens with one attached hydrogen (secondary N) is 2. The first-order valence-electron chi connectivity index (χ1n) is 8.77. The fourth-order valence-corrected chi connectivity index (χ4v) is 2.93. The molecule has 1 heterocycles. The number of nitrogens with zero attached hydrogens (tertiary/aromatic N) is 2. The summed E-state index contributed by atoms with van der Waals surface area (Å²) in [5.74, 6) is 1.68. The second kappa shape index (κ2) is 13.2. The molecule has 6 heteroatoms. The Kier molecular flexibility index (Phi) is 13.2. The van der Waals surface area contributed by atoms with Gasteiger partial charge in [0.15, 0.2) is 5.96 Å². The van der Waals surface area contributed by atoms with E-state index in [4.69, 9.17) is 4.74 Å². The van der Waals surface area contributed by atoms with Gasteiger partial charge < -0.3 is 15.4 Å². The van der Waals surface area contributed by atoms with E-state index >= 15 is 0 Å². The van der Waals surface area contributed by atoms with Gasteiger partial charge in [-0.2, -0.15) is 0 Å². The highest BCUT2D eigenvalue weighted by Crippen LogP contribution is 2.15. The van der Waals surface area contributed by atoms with Gasteiger partial charge in [0.05, 0.1) is 6.61 Å². The lowest BCUT2D eigenvalue weighted by Crippen LogP contribution is -2.47. The fourth-order valence-electron chi connectivity index (χ4n) is 2.93. The van der Waals surface area contributed by atoms with E-state index in [1.165, 1.54) is 32.2 Å². The minimum Gasteiger partial charge on any atom is -0.383 e. The molecule has 2 atom stereocenters. The van der Waals surface area contributed by atoms with Gasteiger partial charge in [0.2, 0.25) is 0 Å². The summed E-state index contributed by atoms with van der Waals surface area (Å²) in [6.07, 6.45) is 4.98. The molecule has 0 aromatic carbocycles. The third-order valence-electron chi connectivity index (χ3n) is 4.37. The summed E-state index contributed by atoms with van der Waals surface area (Å²) < 4.78 is 5.20. The van der Waals surface area contributed by atoms with Crippen molar-refractivity contribution in [3.8, 4) is 0 Å². The second-order valence-electron chi connectivity index (χ2n) is 6.79. The van der Waals surface area contributed by atoms with Crippen LogP contribution in [0.15, 0.2) is 4.99 Å². The molecule has 5 nitrogen and oxygen atoms in total. The average Bonchev–Trinajstić information content (AvgIpc) is 2.94. The Morgan fingerprint density at radius 3 is 2.65 bits per heavy atom. The van der Waals surface area contributed by atoms with Crippen LogP contribution in [0.5, 0.6) is 0 Å². The molecule has 138 valence electrons. The van der Waals surface area contributed by atoms with Crippen LogP contribution in [-0.4, -0.2) is 63.3 Å². The smallest absolute Gasteiger partial charge is 0.191 e. The third kappa shape index (κ3) is 9.72. The van der Waals surface area contributed by atoms with Gasteiger partial charge in [-0.15, -0.1) is 24.0 Å². The summed E-state index contributed by atoms with van der Waals surface area (Å²) in [5, 5.41) is 6.99. The van der Waals surface area contributed by atoms with Crippen LogP contribution < -0.4 is 10.6 Å². The van der Waals surface area contributed by atoms with E-state index in [1.54, 1.807) is 7.11 Å². The van der Waals surface area contributed by atoms with Crippen molar-refractivity contribution in [2.75, 3.05) is 40.4 Å². The lowest BCUT2D eigenvalue weighted by Gasteiger charge is -2.26. The standard InChI is InChI=1S/C17H36N4O.HI/c1-14(2)8-9-15(3)20-17(18-4)19-13-16-7-6-10-21(16)11-12-22-5;/h14-16H,6-13H2,1-5H3,(H2,18,19,20);1H. The number of rotatable bonds is 9. The number of hydrogen-bond acceptors (Lipinski definition) is 3. The third-order valence-corrected chi connectivity index (χ3v) is 4.37. The van der Waals surface area contributed by atoms with Crippen LogP contribution >= 0.6 is 24.0 Å². The molecule has 2 unspecified atom stereocenters. The van der Waals surface area contributed by atoms with Crippen molar-refractivity contribution in [3.63, 3.8) is 0 Å². The minimum absolute atomic E-state index is 0. The zero-order chi connectivity index (χ0) is 16.4. The first kappa shape index (κ1) is 22.9. The molecule has 1 aliphatic heterocycles. The van der Waals surface area contributed by atoms with E-state index in [1.807, 2.05) is 7.05 Å². The molecule has 2 N–H and O–H groups in total. The molecule has 1 aliphatic rings. The predicted octanol–water partition coefficient (Wildman–Crippen LogP) is 2.70. The van der Waals surface area contributed by atoms with Crippen LogP contribution in [0.25, 0.3) is 0 Å². The molecular weight excluding hydrogens is 403 g/mol. The van der Waals surface area contributed by atoms with Gasteiger partial charge in [0, 0.05) is 39.3 Å². The normalized spacial score (nSPS) is 20.4. The van der Waals surface area contributed by atoms with Gasteiger partial charge in [-0.3, -0.25) is 9.89 Å². The van der Waals surface area contributed by atoms with Gasteiger partial charge in [0.1, 0.15) is 0 Å². The lowest BCUT2D eigenvalue weighted by atomic mass is 10.0. The molecule has 0 saturated carbocycles. The highest BCUT2D eigenvalue weighted by molar-refractivity contribution is 14.0. The summed E-state index contributed by atoms with van der Waals surface area (Å²) in [6.45, 7) is 10.8. The highest BCUT2D eigenvalue weighted by Gasteiger charge is 2.24. The van der Waals surface area contributed by atoms with E-state index in [9.17, 15) is 0 Å². The van der Waals surface area contributed by atoms with Gasteiger partial charge in [-0.1, -0.05) is 13.8 Å². The fraction of sp³-hybridized carbons (Fsp3) is 0.941. The van der Waals surface area contributed by atoms with Crippen LogP contribution in [0.1, 0.15) is 46.5 Å². The van der Waals surface area contributed by atoms with Crippen LogP contribution in [0.4, 0.5) is 0 Å². The summed E-state index contributed by atoms with van der Waals surface area (Å²) in [6, 6.07) is 1.06. The Hall–Kier alpha value is -0.0800. The Morgan fingerprint density at radius 1 is 1.30 bits per heavy atom. The van der Waals surface area contributed by atoms with E-state index in [0.717, 1.165) is 31.6 Å². The summed E-state index contributed by atoms with van der Waals surface area (Å²) in [4.78, 5) is 6.87. The number of likely N-dealkylation sites (tertiary alicyclic amines) is 1. The predicted molar refractivity (Wildman–Crippen MR) is 110 cm³/mol. The lowest BCUT2D eigenvalue weighted by molar-refractivity contribution is 0.141. The molecule has 1 fully saturated rings. The van der Waals surface area contributed by atoms with Gasteiger partial charge in [-0.05, 0) is 45.1 Å². The number of halogens is 1. The largest absolute Gasteiger partial charge is 0.383 e. The van der Waals surface area contributed by atoms with Gasteiger partial charge >= 0.3 is 0 Å². The SMILES string of the molecule is CN=C(NCC1CCCN1CCOC)NC(C)CCC(C)C.I. The molecule has 0 aromatic rings. The number of aliphatic imine (C=N–C) groups is 1. The van der Waals surface area contributed by atoms with Crippen molar-refractivity contribution in [1.29, 1.82) is 0 Å². The summed E-state index contributed by atoms with van der Waals surface area (Å²) in [7, 11) is 3.62. The van der Waals surface area contributed by atoms with Crippen molar-refractivity contribution >= 4 is 29.9 Å². The second-order valence-corrected chi connectivity index (χ2v) is 6.79. The van der Waals surface area contributed by atoms with Crippen molar-refractivity contribution < 1.29 is 4.74 Å².